The lowest BCUT2D eigenvalue weighted by molar-refractivity contribution is 0.0170. The minimum absolute atomic E-state index is 0.520. The van der Waals surface area contributed by atoms with Gasteiger partial charge in [-0.05, 0) is 24.6 Å². The highest BCUT2D eigenvalue weighted by atomic mass is 35.5. The van der Waals surface area contributed by atoms with E-state index in [0.29, 0.717) is 24.0 Å². The van der Waals surface area contributed by atoms with Crippen LogP contribution < -0.4 is 4.74 Å². The second-order valence-corrected chi connectivity index (χ2v) is 5.26. The van der Waals surface area contributed by atoms with Crippen LogP contribution in [0.15, 0.2) is 18.2 Å². The molecule has 0 saturated carbocycles. The summed E-state index contributed by atoms with van der Waals surface area (Å²) in [6.45, 7) is 8.44. The molecule has 1 aliphatic rings. The highest BCUT2D eigenvalue weighted by molar-refractivity contribution is 6.32. The summed E-state index contributed by atoms with van der Waals surface area (Å²) in [5.41, 5.74) is 1.13. The van der Waals surface area contributed by atoms with Crippen molar-refractivity contribution in [2.45, 2.75) is 6.92 Å². The van der Waals surface area contributed by atoms with E-state index >= 15 is 0 Å². The first-order valence-electron chi connectivity index (χ1n) is 7.02. The van der Waals surface area contributed by atoms with Gasteiger partial charge in [0.2, 0.25) is 0 Å². The van der Waals surface area contributed by atoms with Crippen molar-refractivity contribution in [1.29, 1.82) is 0 Å². The van der Waals surface area contributed by atoms with E-state index in [4.69, 9.17) is 25.8 Å². The highest BCUT2D eigenvalue weighted by Gasteiger charge is 2.09. The van der Waals surface area contributed by atoms with Gasteiger partial charge >= 0.3 is 0 Å². The van der Waals surface area contributed by atoms with Gasteiger partial charge in [-0.2, -0.15) is 0 Å². The van der Waals surface area contributed by atoms with E-state index in [1.54, 1.807) is 0 Å². The van der Waals surface area contributed by atoms with Crippen LogP contribution in [0.4, 0.5) is 0 Å². The zero-order valence-electron chi connectivity index (χ0n) is 11.9. The molecule has 5 heteroatoms. The molecule has 1 aliphatic heterocycles. The molecule has 0 aliphatic carbocycles. The first kappa shape index (κ1) is 15.6. The molecule has 0 atom stereocenters. The lowest BCUT2D eigenvalue weighted by Gasteiger charge is -2.26. The molecule has 20 heavy (non-hydrogen) atoms. The number of ether oxygens (including phenoxy) is 3. The molecule has 1 fully saturated rings. The standard InChI is InChI=1S/C15H22ClNO3/c1-13-2-3-15(14(16)12-13)20-11-10-19-9-6-17-4-7-18-8-5-17/h2-3,12H,4-11H2,1H3. The maximum atomic E-state index is 6.09. The predicted octanol–water partition coefficient (Wildman–Crippen LogP) is 2.38. The monoisotopic (exact) mass is 299 g/mol. The van der Waals surface area contributed by atoms with Crippen LogP contribution >= 0.6 is 11.6 Å². The second kappa shape index (κ2) is 8.47. The maximum Gasteiger partial charge on any atom is 0.138 e. The first-order valence-corrected chi connectivity index (χ1v) is 7.40. The molecular formula is C15H22ClNO3. The summed E-state index contributed by atoms with van der Waals surface area (Å²) in [5, 5.41) is 0.651. The third-order valence-electron chi connectivity index (χ3n) is 3.23. The summed E-state index contributed by atoms with van der Waals surface area (Å²) < 4.78 is 16.5. The van der Waals surface area contributed by atoms with Crippen LogP contribution in [0.5, 0.6) is 5.75 Å². The fraction of sp³-hybridized carbons (Fsp3) is 0.600. The van der Waals surface area contributed by atoms with E-state index < -0.39 is 0 Å². The maximum absolute atomic E-state index is 6.09. The Morgan fingerprint density at radius 3 is 2.75 bits per heavy atom. The van der Waals surface area contributed by atoms with Crippen molar-refractivity contribution in [1.82, 2.24) is 4.90 Å². The quantitative estimate of drug-likeness (QED) is 0.723. The molecule has 0 amide bonds. The predicted molar refractivity (Wildman–Crippen MR) is 79.8 cm³/mol. The fourth-order valence-corrected chi connectivity index (χ4v) is 2.34. The van der Waals surface area contributed by atoms with E-state index in [0.717, 1.165) is 45.0 Å². The molecule has 0 spiro atoms. The van der Waals surface area contributed by atoms with Gasteiger partial charge in [-0.25, -0.2) is 0 Å². The summed E-state index contributed by atoms with van der Waals surface area (Å²) >= 11 is 6.09. The van der Waals surface area contributed by atoms with Gasteiger partial charge in [0.1, 0.15) is 12.4 Å². The van der Waals surface area contributed by atoms with Gasteiger partial charge in [-0.3, -0.25) is 4.90 Å². The largest absolute Gasteiger partial charge is 0.490 e. The average molecular weight is 300 g/mol. The van der Waals surface area contributed by atoms with Gasteiger partial charge in [0, 0.05) is 19.6 Å². The molecule has 0 N–H and O–H groups in total. The van der Waals surface area contributed by atoms with Crippen molar-refractivity contribution in [3.8, 4) is 5.75 Å². The van der Waals surface area contributed by atoms with Gasteiger partial charge in [-0.15, -0.1) is 0 Å². The number of morpholine rings is 1. The zero-order chi connectivity index (χ0) is 14.2. The Bertz CT molecular complexity index is 408. The molecule has 4 nitrogen and oxygen atoms in total. The smallest absolute Gasteiger partial charge is 0.138 e. The summed E-state index contributed by atoms with van der Waals surface area (Å²) in [7, 11) is 0. The number of rotatable bonds is 7. The Labute approximate surface area is 125 Å². The third kappa shape index (κ3) is 5.29. The second-order valence-electron chi connectivity index (χ2n) is 4.85. The third-order valence-corrected chi connectivity index (χ3v) is 3.52. The number of benzene rings is 1. The normalized spacial score (nSPS) is 16.3. The van der Waals surface area contributed by atoms with E-state index in [2.05, 4.69) is 4.90 Å². The topological polar surface area (TPSA) is 30.9 Å². The highest BCUT2D eigenvalue weighted by Crippen LogP contribution is 2.24. The molecule has 2 rings (SSSR count). The zero-order valence-corrected chi connectivity index (χ0v) is 12.7. The fourth-order valence-electron chi connectivity index (χ4n) is 2.05. The van der Waals surface area contributed by atoms with Crippen LogP contribution in [-0.2, 0) is 9.47 Å². The van der Waals surface area contributed by atoms with Gasteiger partial charge in [0.25, 0.3) is 0 Å². The molecule has 0 bridgehead atoms. The van der Waals surface area contributed by atoms with Crippen LogP contribution in [0.1, 0.15) is 5.56 Å². The number of aryl methyl sites for hydroxylation is 1. The number of nitrogens with zero attached hydrogens (tertiary/aromatic N) is 1. The molecule has 1 aromatic carbocycles. The van der Waals surface area contributed by atoms with Crippen molar-refractivity contribution >= 4 is 11.6 Å². The van der Waals surface area contributed by atoms with Crippen molar-refractivity contribution in [3.63, 3.8) is 0 Å². The van der Waals surface area contributed by atoms with Gasteiger partial charge < -0.3 is 14.2 Å². The number of halogens is 1. The van der Waals surface area contributed by atoms with Crippen molar-refractivity contribution < 1.29 is 14.2 Å². The molecule has 0 radical (unpaired) electrons. The van der Waals surface area contributed by atoms with E-state index in [9.17, 15) is 0 Å². The van der Waals surface area contributed by atoms with Crippen molar-refractivity contribution in [3.05, 3.63) is 28.8 Å². The van der Waals surface area contributed by atoms with Crippen LogP contribution in [0, 0.1) is 6.92 Å². The van der Waals surface area contributed by atoms with Gasteiger partial charge in [-0.1, -0.05) is 17.7 Å². The Hall–Kier alpha value is -0.810. The van der Waals surface area contributed by atoms with E-state index in [1.165, 1.54) is 0 Å². The summed E-state index contributed by atoms with van der Waals surface area (Å²) in [6.07, 6.45) is 0. The van der Waals surface area contributed by atoms with Crippen LogP contribution in [-0.4, -0.2) is 57.6 Å². The molecule has 1 aromatic rings. The Balaban J connectivity index is 1.55. The first-order chi connectivity index (χ1) is 9.75. The van der Waals surface area contributed by atoms with Crippen LogP contribution in [0.2, 0.25) is 5.02 Å². The lowest BCUT2D eigenvalue weighted by Crippen LogP contribution is -2.38. The average Bonchev–Trinajstić information content (AvgIpc) is 2.46. The Kier molecular flexibility index (Phi) is 6.60. The number of hydrogen-bond donors (Lipinski definition) is 0. The summed E-state index contributed by atoms with van der Waals surface area (Å²) in [4.78, 5) is 2.35. The van der Waals surface area contributed by atoms with Gasteiger partial charge in [0.15, 0.2) is 0 Å². The molecule has 0 unspecified atom stereocenters. The Morgan fingerprint density at radius 1 is 1.20 bits per heavy atom. The van der Waals surface area contributed by atoms with Crippen molar-refractivity contribution in [2.75, 3.05) is 52.7 Å². The molecular weight excluding hydrogens is 278 g/mol. The van der Waals surface area contributed by atoms with Crippen LogP contribution in [0.3, 0.4) is 0 Å². The van der Waals surface area contributed by atoms with E-state index in [1.807, 2.05) is 25.1 Å². The van der Waals surface area contributed by atoms with Crippen LogP contribution in [0.25, 0.3) is 0 Å². The Morgan fingerprint density at radius 2 is 2.00 bits per heavy atom. The molecule has 112 valence electrons. The summed E-state index contributed by atoms with van der Waals surface area (Å²) in [6, 6.07) is 5.78. The van der Waals surface area contributed by atoms with Crippen molar-refractivity contribution in [2.24, 2.45) is 0 Å². The molecule has 0 aromatic heterocycles. The molecule has 1 heterocycles. The number of hydrogen-bond acceptors (Lipinski definition) is 4. The minimum Gasteiger partial charge on any atom is -0.490 e. The SMILES string of the molecule is Cc1ccc(OCCOCCN2CCOCC2)c(Cl)c1. The van der Waals surface area contributed by atoms with Gasteiger partial charge in [0.05, 0.1) is 31.5 Å². The van der Waals surface area contributed by atoms with E-state index in [-0.39, 0.29) is 0 Å². The minimum atomic E-state index is 0.520. The lowest BCUT2D eigenvalue weighted by atomic mass is 10.2. The summed E-state index contributed by atoms with van der Waals surface area (Å²) in [5.74, 6) is 0.717. The molecule has 1 saturated heterocycles.